The zero-order valence-corrected chi connectivity index (χ0v) is 28.8. The van der Waals surface area contributed by atoms with Crippen LogP contribution in [0.4, 0.5) is 0 Å². The van der Waals surface area contributed by atoms with Gasteiger partial charge in [-0.05, 0) is 86.1 Å². The highest BCUT2D eigenvalue weighted by molar-refractivity contribution is 6.05. The van der Waals surface area contributed by atoms with E-state index in [1.54, 1.807) is 12.1 Å². The van der Waals surface area contributed by atoms with E-state index in [9.17, 15) is 9.90 Å². The predicted octanol–water partition coefficient (Wildman–Crippen LogP) is 11.6. The molecule has 7 aromatic rings. The quantitative estimate of drug-likeness (QED) is 0.140. The highest BCUT2D eigenvalue weighted by Gasteiger charge is 2.12. The van der Waals surface area contributed by atoms with Crippen molar-refractivity contribution in [1.29, 1.82) is 0 Å². The molecule has 7 rings (SSSR count). The molecule has 0 heterocycles. The van der Waals surface area contributed by atoms with E-state index >= 15 is 0 Å². The summed E-state index contributed by atoms with van der Waals surface area (Å²) in [5, 5.41) is 11.5. The summed E-state index contributed by atoms with van der Waals surface area (Å²) < 4.78 is 18.6. The van der Waals surface area contributed by atoms with E-state index in [1.165, 1.54) is 0 Å². The summed E-state index contributed by atoms with van der Waals surface area (Å²) in [7, 11) is 0. The first-order chi connectivity index (χ1) is 25.1. The molecule has 51 heavy (non-hydrogen) atoms. The zero-order chi connectivity index (χ0) is 35.4. The van der Waals surface area contributed by atoms with Crippen LogP contribution in [0.3, 0.4) is 0 Å². The standard InChI is InChI=1S/C44H34O5.C2H6/c45-44(46)36-17-15-34(16-18-36)40-23-24-41(43-14-8-7-13-42(40)43)35-19-21-37(22-20-35)47-30-33-25-38(48-28-31-9-3-1-4-10-31)27-39(26-33)49-29-32-11-5-2-6-12-32;1-2/h1-27H,28-30H2,(H,45,46);1-2H3. The normalized spacial score (nSPS) is 10.5. The van der Waals surface area contributed by atoms with E-state index in [0.717, 1.165) is 67.0 Å². The van der Waals surface area contributed by atoms with E-state index in [0.29, 0.717) is 19.8 Å². The molecule has 0 aliphatic rings. The molecule has 0 spiro atoms. The molecule has 0 fully saturated rings. The summed E-state index contributed by atoms with van der Waals surface area (Å²) in [4.78, 5) is 11.3. The maximum Gasteiger partial charge on any atom is 0.335 e. The molecule has 0 amide bonds. The molecule has 254 valence electrons. The van der Waals surface area contributed by atoms with Gasteiger partial charge in [0.15, 0.2) is 0 Å². The Morgan fingerprint density at radius 2 is 0.863 bits per heavy atom. The number of ether oxygens (including phenoxy) is 3. The van der Waals surface area contributed by atoms with E-state index in [4.69, 9.17) is 14.2 Å². The molecule has 7 aromatic carbocycles. The lowest BCUT2D eigenvalue weighted by Crippen LogP contribution is -2.01. The van der Waals surface area contributed by atoms with Gasteiger partial charge in [-0.3, -0.25) is 0 Å². The molecule has 0 saturated heterocycles. The molecule has 0 saturated carbocycles. The Hall–Kier alpha value is -6.33. The van der Waals surface area contributed by atoms with Crippen LogP contribution < -0.4 is 14.2 Å². The van der Waals surface area contributed by atoms with Gasteiger partial charge in [0, 0.05) is 6.07 Å². The highest BCUT2D eigenvalue weighted by atomic mass is 16.5. The topological polar surface area (TPSA) is 65.0 Å². The van der Waals surface area contributed by atoms with Crippen LogP contribution in [-0.4, -0.2) is 11.1 Å². The number of carboxylic acid groups (broad SMARTS) is 1. The van der Waals surface area contributed by atoms with Gasteiger partial charge in [0.25, 0.3) is 0 Å². The van der Waals surface area contributed by atoms with Crippen molar-refractivity contribution in [3.05, 3.63) is 186 Å². The number of fused-ring (bicyclic) bond motifs is 1. The molecule has 0 aliphatic carbocycles. The predicted molar refractivity (Wildman–Crippen MR) is 205 cm³/mol. The average Bonchev–Trinajstić information content (AvgIpc) is 3.20. The van der Waals surface area contributed by atoms with Crippen LogP contribution in [0, 0.1) is 0 Å². The number of carbonyl (C=O) groups is 1. The van der Waals surface area contributed by atoms with Gasteiger partial charge in [0.1, 0.15) is 37.1 Å². The summed E-state index contributed by atoms with van der Waals surface area (Å²) in [5.74, 6) is 1.26. The van der Waals surface area contributed by atoms with Crippen LogP contribution in [0.1, 0.15) is 40.9 Å². The Kier molecular flexibility index (Phi) is 11.4. The second-order valence-corrected chi connectivity index (χ2v) is 11.8. The second kappa shape index (κ2) is 16.9. The Balaban J connectivity index is 0.00000220. The monoisotopic (exact) mass is 672 g/mol. The van der Waals surface area contributed by atoms with Crippen LogP contribution in [0.15, 0.2) is 164 Å². The largest absolute Gasteiger partial charge is 0.489 e. The summed E-state index contributed by atoms with van der Waals surface area (Å²) in [6.45, 7) is 5.26. The van der Waals surface area contributed by atoms with Gasteiger partial charge in [0.05, 0.1) is 5.56 Å². The third-order valence-corrected chi connectivity index (χ3v) is 8.37. The number of rotatable bonds is 12. The van der Waals surface area contributed by atoms with E-state index < -0.39 is 5.97 Å². The van der Waals surface area contributed by atoms with Crippen LogP contribution in [0.2, 0.25) is 0 Å². The SMILES string of the molecule is CC.O=C(O)c1ccc(-c2ccc(-c3ccc(OCc4cc(OCc5ccccc5)cc(OCc5ccccc5)c4)cc3)c3ccccc23)cc1. The maximum atomic E-state index is 11.3. The first kappa shape index (κ1) is 34.5. The lowest BCUT2D eigenvalue weighted by molar-refractivity contribution is 0.0697. The molecule has 5 heteroatoms. The fourth-order valence-corrected chi connectivity index (χ4v) is 5.85. The van der Waals surface area contributed by atoms with Gasteiger partial charge >= 0.3 is 5.97 Å². The molecular weight excluding hydrogens is 633 g/mol. The third kappa shape index (κ3) is 8.83. The van der Waals surface area contributed by atoms with Crippen molar-refractivity contribution in [1.82, 2.24) is 0 Å². The van der Waals surface area contributed by atoms with Crippen molar-refractivity contribution in [2.45, 2.75) is 33.7 Å². The second-order valence-electron chi connectivity index (χ2n) is 11.8. The first-order valence-electron chi connectivity index (χ1n) is 17.2. The highest BCUT2D eigenvalue weighted by Crippen LogP contribution is 2.36. The summed E-state index contributed by atoms with van der Waals surface area (Å²) >= 11 is 0. The van der Waals surface area contributed by atoms with Crippen LogP contribution >= 0.6 is 0 Å². The van der Waals surface area contributed by atoms with E-state index in [1.807, 2.05) is 129 Å². The van der Waals surface area contributed by atoms with Crippen molar-refractivity contribution in [2.75, 3.05) is 0 Å². The summed E-state index contributed by atoms with van der Waals surface area (Å²) in [6.07, 6.45) is 0. The molecule has 0 atom stereocenters. The Labute approximate surface area is 299 Å². The lowest BCUT2D eigenvalue weighted by atomic mass is 9.92. The van der Waals surface area contributed by atoms with Gasteiger partial charge in [-0.25, -0.2) is 4.79 Å². The minimum Gasteiger partial charge on any atom is -0.489 e. The minimum absolute atomic E-state index is 0.271. The van der Waals surface area contributed by atoms with Crippen molar-refractivity contribution in [3.63, 3.8) is 0 Å². The van der Waals surface area contributed by atoms with Crippen molar-refractivity contribution in [2.24, 2.45) is 0 Å². The fourth-order valence-electron chi connectivity index (χ4n) is 5.85. The fraction of sp³-hybridized carbons (Fsp3) is 0.109. The van der Waals surface area contributed by atoms with Crippen molar-refractivity contribution in [3.8, 4) is 39.5 Å². The molecule has 0 unspecified atom stereocenters. The summed E-state index contributed by atoms with van der Waals surface area (Å²) in [5.41, 5.74) is 7.60. The van der Waals surface area contributed by atoms with Crippen LogP contribution in [0.25, 0.3) is 33.0 Å². The van der Waals surface area contributed by atoms with E-state index in [-0.39, 0.29) is 5.56 Å². The summed E-state index contributed by atoms with van der Waals surface area (Å²) in [6, 6.07) is 53.7. The van der Waals surface area contributed by atoms with Crippen LogP contribution in [0.5, 0.6) is 17.2 Å². The number of hydrogen-bond acceptors (Lipinski definition) is 4. The van der Waals surface area contributed by atoms with Gasteiger partial charge in [-0.15, -0.1) is 0 Å². The zero-order valence-electron chi connectivity index (χ0n) is 28.8. The number of hydrogen-bond donors (Lipinski definition) is 1. The number of aromatic carboxylic acids is 1. The van der Waals surface area contributed by atoms with Gasteiger partial charge in [-0.1, -0.05) is 135 Å². The Bertz CT molecular complexity index is 2110. The molecule has 0 bridgehead atoms. The number of carboxylic acids is 1. The maximum absolute atomic E-state index is 11.3. The average molecular weight is 673 g/mol. The van der Waals surface area contributed by atoms with E-state index in [2.05, 4.69) is 36.4 Å². The Morgan fingerprint density at radius 3 is 1.33 bits per heavy atom. The minimum atomic E-state index is -0.932. The van der Waals surface area contributed by atoms with Gasteiger partial charge < -0.3 is 19.3 Å². The van der Waals surface area contributed by atoms with Gasteiger partial charge in [-0.2, -0.15) is 0 Å². The van der Waals surface area contributed by atoms with Gasteiger partial charge in [0.2, 0.25) is 0 Å². The smallest absolute Gasteiger partial charge is 0.335 e. The molecule has 0 aromatic heterocycles. The molecular formula is C46H40O5. The third-order valence-electron chi connectivity index (χ3n) is 8.37. The Morgan fingerprint density at radius 1 is 0.451 bits per heavy atom. The molecule has 5 nitrogen and oxygen atoms in total. The number of benzene rings is 7. The molecule has 1 N–H and O–H groups in total. The lowest BCUT2D eigenvalue weighted by Gasteiger charge is -2.14. The molecule has 0 radical (unpaired) electrons. The van der Waals surface area contributed by atoms with Crippen LogP contribution in [-0.2, 0) is 19.8 Å². The first-order valence-corrected chi connectivity index (χ1v) is 17.2. The molecule has 0 aliphatic heterocycles. The van der Waals surface area contributed by atoms with Crippen molar-refractivity contribution < 1.29 is 24.1 Å². The van der Waals surface area contributed by atoms with Crippen molar-refractivity contribution >= 4 is 16.7 Å².